The van der Waals surface area contributed by atoms with Crippen molar-refractivity contribution in [2.24, 2.45) is 5.73 Å². The number of pyridine rings is 1. The van der Waals surface area contributed by atoms with Crippen molar-refractivity contribution < 1.29 is 14.1 Å². The molecule has 0 atom stereocenters. The van der Waals surface area contributed by atoms with Crippen LogP contribution in [0.15, 0.2) is 53.1 Å². The summed E-state index contributed by atoms with van der Waals surface area (Å²) in [6.07, 6.45) is 1.54. The van der Waals surface area contributed by atoms with Gasteiger partial charge in [0.05, 0.1) is 5.41 Å². The van der Waals surface area contributed by atoms with E-state index in [4.69, 9.17) is 15.0 Å². The molecule has 1 saturated heterocycles. The van der Waals surface area contributed by atoms with Gasteiger partial charge in [0.1, 0.15) is 11.4 Å². The monoisotopic (exact) mass is 350 g/mol. The third kappa shape index (κ3) is 2.86. The summed E-state index contributed by atoms with van der Waals surface area (Å²) < 4.78 is 11.0. The normalized spacial score (nSPS) is 16.3. The molecule has 3 heterocycles. The van der Waals surface area contributed by atoms with Gasteiger partial charge >= 0.3 is 0 Å². The van der Waals surface area contributed by atoms with Crippen molar-refractivity contribution in [1.82, 2.24) is 15.1 Å². The largest absolute Gasteiger partial charge is 0.381 e. The fraction of sp³-hybridized carbons (Fsp3) is 0.263. The van der Waals surface area contributed by atoms with Gasteiger partial charge in [-0.25, -0.2) is 4.98 Å². The van der Waals surface area contributed by atoms with E-state index >= 15 is 0 Å². The predicted octanol–water partition coefficient (Wildman–Crippen LogP) is 2.33. The van der Waals surface area contributed by atoms with Gasteiger partial charge in [-0.1, -0.05) is 41.6 Å². The molecule has 0 radical (unpaired) electrons. The quantitative estimate of drug-likeness (QED) is 0.774. The van der Waals surface area contributed by atoms with E-state index in [0.29, 0.717) is 24.7 Å². The lowest BCUT2D eigenvalue weighted by molar-refractivity contribution is 0.0597. The van der Waals surface area contributed by atoms with Crippen LogP contribution in [0.4, 0.5) is 0 Å². The number of amides is 1. The lowest BCUT2D eigenvalue weighted by atomic mass is 9.73. The van der Waals surface area contributed by atoms with Gasteiger partial charge in [-0.05, 0) is 30.5 Å². The van der Waals surface area contributed by atoms with E-state index in [0.717, 1.165) is 18.4 Å². The van der Waals surface area contributed by atoms with Crippen molar-refractivity contribution in [2.45, 2.75) is 18.3 Å². The molecule has 0 unspecified atom stereocenters. The van der Waals surface area contributed by atoms with Gasteiger partial charge in [0.2, 0.25) is 0 Å². The van der Waals surface area contributed by atoms with Crippen LogP contribution in [0, 0.1) is 0 Å². The smallest absolute Gasteiger partial charge is 0.276 e. The third-order valence-electron chi connectivity index (χ3n) is 4.75. The van der Waals surface area contributed by atoms with E-state index in [2.05, 4.69) is 27.3 Å². The summed E-state index contributed by atoms with van der Waals surface area (Å²) in [5.41, 5.74) is 6.66. The topological polar surface area (TPSA) is 104 Å². The van der Waals surface area contributed by atoms with Crippen molar-refractivity contribution in [3.8, 4) is 11.6 Å². The van der Waals surface area contributed by atoms with Crippen LogP contribution in [0.1, 0.15) is 34.7 Å². The maximum absolute atomic E-state index is 11.4. The molecule has 1 aromatic carbocycles. The Balaban J connectivity index is 1.76. The van der Waals surface area contributed by atoms with E-state index in [1.807, 2.05) is 18.2 Å². The average Bonchev–Trinajstić information content (AvgIpc) is 3.20. The van der Waals surface area contributed by atoms with Gasteiger partial charge in [0.15, 0.2) is 5.82 Å². The first kappa shape index (κ1) is 16.4. The molecule has 0 bridgehead atoms. The Hall–Kier alpha value is -3.06. The molecule has 0 aliphatic carbocycles. The number of carbonyl (C=O) groups excluding carboxylic acids is 1. The summed E-state index contributed by atoms with van der Waals surface area (Å²) in [4.78, 5) is 20.2. The van der Waals surface area contributed by atoms with E-state index in [1.165, 1.54) is 0 Å². The van der Waals surface area contributed by atoms with Crippen molar-refractivity contribution in [1.29, 1.82) is 0 Å². The van der Waals surface area contributed by atoms with Crippen LogP contribution in [0.25, 0.3) is 11.6 Å². The Labute approximate surface area is 150 Å². The van der Waals surface area contributed by atoms with E-state index in [-0.39, 0.29) is 17.0 Å². The van der Waals surface area contributed by atoms with E-state index in [9.17, 15) is 4.79 Å². The molecule has 7 heteroatoms. The lowest BCUT2D eigenvalue weighted by Gasteiger charge is -2.34. The van der Waals surface area contributed by atoms with Crippen LogP contribution in [-0.4, -0.2) is 34.2 Å². The van der Waals surface area contributed by atoms with Crippen molar-refractivity contribution in [2.75, 3.05) is 13.2 Å². The average molecular weight is 350 g/mol. The van der Waals surface area contributed by atoms with Crippen LogP contribution in [0.5, 0.6) is 0 Å². The number of aromatic nitrogens is 3. The molecule has 2 aromatic heterocycles. The molecule has 3 aromatic rings. The first-order valence-corrected chi connectivity index (χ1v) is 8.44. The zero-order chi connectivity index (χ0) is 18.0. The summed E-state index contributed by atoms with van der Waals surface area (Å²) in [5, 5.41) is 4.24. The number of nitrogens with zero attached hydrogens (tertiary/aromatic N) is 3. The number of ether oxygens (including phenoxy) is 1. The molecule has 4 rings (SSSR count). The van der Waals surface area contributed by atoms with Gasteiger partial charge in [-0.15, -0.1) is 0 Å². The van der Waals surface area contributed by atoms with Gasteiger partial charge in [-0.3, -0.25) is 4.79 Å². The number of carbonyl (C=O) groups is 1. The van der Waals surface area contributed by atoms with Crippen LogP contribution in [-0.2, 0) is 10.2 Å². The van der Waals surface area contributed by atoms with E-state index in [1.54, 1.807) is 18.2 Å². The van der Waals surface area contributed by atoms with Crippen molar-refractivity contribution in [3.63, 3.8) is 0 Å². The number of primary amides is 1. The molecule has 132 valence electrons. The minimum atomic E-state index is -0.600. The predicted molar refractivity (Wildman–Crippen MR) is 93.3 cm³/mol. The number of hydrogen-bond acceptors (Lipinski definition) is 6. The van der Waals surface area contributed by atoms with Gasteiger partial charge in [-0.2, -0.15) is 4.98 Å². The highest BCUT2D eigenvalue weighted by Crippen LogP contribution is 2.40. The molecule has 1 fully saturated rings. The third-order valence-corrected chi connectivity index (χ3v) is 4.75. The minimum absolute atomic E-state index is 0.158. The van der Waals surface area contributed by atoms with Crippen LogP contribution < -0.4 is 5.73 Å². The summed E-state index contributed by atoms with van der Waals surface area (Å²) in [6.45, 7) is 1.27. The number of nitrogens with two attached hydrogens (primary N) is 1. The Morgan fingerprint density at radius 1 is 1.00 bits per heavy atom. The van der Waals surface area contributed by atoms with Crippen LogP contribution in [0.2, 0.25) is 0 Å². The minimum Gasteiger partial charge on any atom is -0.381 e. The highest BCUT2D eigenvalue weighted by Gasteiger charge is 2.40. The molecular formula is C19H18N4O3. The first-order chi connectivity index (χ1) is 12.7. The van der Waals surface area contributed by atoms with Gasteiger partial charge in [0.25, 0.3) is 11.8 Å². The lowest BCUT2D eigenvalue weighted by Crippen LogP contribution is -2.36. The molecule has 7 nitrogen and oxygen atoms in total. The summed E-state index contributed by atoms with van der Waals surface area (Å²) in [6, 6.07) is 15.1. The maximum Gasteiger partial charge on any atom is 0.276 e. The molecule has 1 amide bonds. The molecule has 0 saturated carbocycles. The second-order valence-electron chi connectivity index (χ2n) is 6.26. The Morgan fingerprint density at radius 3 is 2.50 bits per heavy atom. The Kier molecular flexibility index (Phi) is 4.22. The van der Waals surface area contributed by atoms with Crippen LogP contribution in [0.3, 0.4) is 0 Å². The molecule has 0 spiro atoms. The highest BCUT2D eigenvalue weighted by molar-refractivity contribution is 5.91. The zero-order valence-corrected chi connectivity index (χ0v) is 14.1. The zero-order valence-electron chi connectivity index (χ0n) is 14.1. The van der Waals surface area contributed by atoms with Crippen molar-refractivity contribution >= 4 is 5.91 Å². The first-order valence-electron chi connectivity index (χ1n) is 8.44. The summed E-state index contributed by atoms with van der Waals surface area (Å²) in [5.74, 6) is 0.273. The number of hydrogen-bond donors (Lipinski definition) is 1. The van der Waals surface area contributed by atoms with Gasteiger partial charge in [0, 0.05) is 13.2 Å². The molecule has 1 aliphatic rings. The van der Waals surface area contributed by atoms with E-state index < -0.39 is 5.91 Å². The molecule has 1 aliphatic heterocycles. The Morgan fingerprint density at radius 2 is 1.77 bits per heavy atom. The fourth-order valence-corrected chi connectivity index (χ4v) is 3.33. The van der Waals surface area contributed by atoms with Crippen molar-refractivity contribution in [3.05, 3.63) is 65.6 Å². The van der Waals surface area contributed by atoms with Crippen LogP contribution >= 0.6 is 0 Å². The van der Waals surface area contributed by atoms with Gasteiger partial charge < -0.3 is 15.0 Å². The maximum atomic E-state index is 11.4. The second-order valence-corrected chi connectivity index (χ2v) is 6.26. The molecular weight excluding hydrogens is 332 g/mol. The fourth-order valence-electron chi connectivity index (χ4n) is 3.33. The molecule has 26 heavy (non-hydrogen) atoms. The second kappa shape index (κ2) is 6.68. The number of rotatable bonds is 4. The highest BCUT2D eigenvalue weighted by atomic mass is 16.5. The number of benzene rings is 1. The standard InChI is InChI=1S/C19H18N4O3/c20-16(24)14-7-4-8-15(21-14)17-22-18(23-26-17)19(9-11-25-12-10-19)13-5-2-1-3-6-13/h1-8H,9-12H2,(H2,20,24). The Bertz CT molecular complexity index is 917. The SMILES string of the molecule is NC(=O)c1cccc(-c2nc(C3(c4ccccc4)CCOCC3)no2)n1. The summed E-state index contributed by atoms with van der Waals surface area (Å²) >= 11 is 0. The molecule has 2 N–H and O–H groups in total. The summed E-state index contributed by atoms with van der Waals surface area (Å²) in [7, 11) is 0.